The number of hydrogen-bond acceptors (Lipinski definition) is 4. The van der Waals surface area contributed by atoms with Crippen molar-refractivity contribution in [3.63, 3.8) is 0 Å². The zero-order valence-electron chi connectivity index (χ0n) is 15.0. The highest BCUT2D eigenvalue weighted by Crippen LogP contribution is 2.30. The predicted octanol–water partition coefficient (Wildman–Crippen LogP) is 2.81. The van der Waals surface area contributed by atoms with Gasteiger partial charge in [-0.1, -0.05) is 24.3 Å². The van der Waals surface area contributed by atoms with Gasteiger partial charge in [0, 0.05) is 13.1 Å². The van der Waals surface area contributed by atoms with Gasteiger partial charge in [-0.2, -0.15) is 0 Å². The van der Waals surface area contributed by atoms with E-state index in [1.165, 1.54) is 0 Å². The summed E-state index contributed by atoms with van der Waals surface area (Å²) >= 11 is 0. The van der Waals surface area contributed by atoms with Gasteiger partial charge in [-0.3, -0.25) is 9.69 Å². The van der Waals surface area contributed by atoms with Crippen LogP contribution in [0, 0.1) is 0 Å². The zero-order chi connectivity index (χ0) is 18.1. The Morgan fingerprint density at radius 2 is 1.92 bits per heavy atom. The lowest BCUT2D eigenvalue weighted by molar-refractivity contribution is -0.125. The molecule has 2 aromatic carbocycles. The summed E-state index contributed by atoms with van der Waals surface area (Å²) in [6.07, 6.45) is 0. The Balaban J connectivity index is 1.52. The third-order valence-corrected chi connectivity index (χ3v) is 4.95. The number of amides is 1. The first kappa shape index (κ1) is 16.6. The van der Waals surface area contributed by atoms with Gasteiger partial charge in [0.25, 0.3) is 0 Å². The van der Waals surface area contributed by atoms with Crippen molar-refractivity contribution in [3.05, 3.63) is 54.4 Å². The molecule has 0 saturated carbocycles. The normalized spacial score (nSPS) is 18.5. The maximum atomic E-state index is 13.0. The van der Waals surface area contributed by atoms with Gasteiger partial charge in [-0.25, -0.2) is 4.98 Å². The number of imidazole rings is 1. The van der Waals surface area contributed by atoms with E-state index >= 15 is 0 Å². The monoisotopic (exact) mass is 350 g/mol. The standard InChI is InChI=1S/C20H22N4O2/c1-14-20(25)24(17-9-5-6-10-18(17)26-2)12-11-23(14)13-19-21-15-7-3-4-8-16(15)22-19/h3-10,14H,11-13H2,1-2H3,(H,21,22)/t14-/m0/s1. The summed E-state index contributed by atoms with van der Waals surface area (Å²) in [5, 5.41) is 0. The lowest BCUT2D eigenvalue weighted by atomic mass is 10.1. The van der Waals surface area contributed by atoms with Gasteiger partial charge in [0.15, 0.2) is 0 Å². The molecule has 1 N–H and O–H groups in total. The van der Waals surface area contributed by atoms with Crippen LogP contribution in [0.4, 0.5) is 5.69 Å². The van der Waals surface area contributed by atoms with Crippen LogP contribution in [0.25, 0.3) is 11.0 Å². The van der Waals surface area contributed by atoms with Crippen LogP contribution in [0.1, 0.15) is 12.7 Å². The van der Waals surface area contributed by atoms with Crippen molar-refractivity contribution in [1.29, 1.82) is 0 Å². The number of H-pyrrole nitrogens is 1. The quantitative estimate of drug-likeness (QED) is 0.786. The molecule has 0 radical (unpaired) electrons. The molecule has 1 aliphatic heterocycles. The Kier molecular flexibility index (Phi) is 4.34. The average molecular weight is 350 g/mol. The third-order valence-electron chi connectivity index (χ3n) is 4.95. The van der Waals surface area contributed by atoms with E-state index in [1.807, 2.05) is 60.4 Å². The molecule has 6 heteroatoms. The molecule has 4 rings (SSSR count). The van der Waals surface area contributed by atoms with Gasteiger partial charge in [0.05, 0.1) is 36.4 Å². The molecule has 1 fully saturated rings. The average Bonchev–Trinajstić information content (AvgIpc) is 3.08. The number of nitrogens with zero attached hydrogens (tertiary/aromatic N) is 3. The number of carbonyl (C=O) groups is 1. The number of benzene rings is 2. The van der Waals surface area contributed by atoms with Crippen LogP contribution in [-0.2, 0) is 11.3 Å². The van der Waals surface area contributed by atoms with Gasteiger partial charge >= 0.3 is 0 Å². The molecule has 3 aromatic rings. The van der Waals surface area contributed by atoms with E-state index in [4.69, 9.17) is 4.74 Å². The maximum absolute atomic E-state index is 13.0. The number of anilines is 1. The molecule has 26 heavy (non-hydrogen) atoms. The summed E-state index contributed by atoms with van der Waals surface area (Å²) in [4.78, 5) is 24.9. The molecule has 0 unspecified atom stereocenters. The Bertz CT molecular complexity index is 903. The summed E-state index contributed by atoms with van der Waals surface area (Å²) in [7, 11) is 1.63. The number of hydrogen-bond donors (Lipinski definition) is 1. The summed E-state index contributed by atoms with van der Waals surface area (Å²) in [5.74, 6) is 1.69. The highest BCUT2D eigenvalue weighted by Gasteiger charge is 2.33. The van der Waals surface area contributed by atoms with Crippen molar-refractivity contribution in [1.82, 2.24) is 14.9 Å². The summed E-state index contributed by atoms with van der Waals surface area (Å²) in [6.45, 7) is 3.99. The second-order valence-electron chi connectivity index (χ2n) is 6.51. The number of carbonyl (C=O) groups excluding carboxylic acids is 1. The lowest BCUT2D eigenvalue weighted by Crippen LogP contribution is -2.55. The van der Waals surface area contributed by atoms with Crippen molar-refractivity contribution in [2.45, 2.75) is 19.5 Å². The Labute approximate surface area is 152 Å². The summed E-state index contributed by atoms with van der Waals surface area (Å²) in [6, 6.07) is 15.4. The first-order valence-electron chi connectivity index (χ1n) is 8.79. The fourth-order valence-electron chi connectivity index (χ4n) is 3.49. The van der Waals surface area contributed by atoms with Crippen LogP contribution in [0.5, 0.6) is 5.75 Å². The van der Waals surface area contributed by atoms with E-state index in [0.717, 1.165) is 34.8 Å². The van der Waals surface area contributed by atoms with E-state index in [0.29, 0.717) is 13.1 Å². The van der Waals surface area contributed by atoms with Gasteiger partial charge < -0.3 is 14.6 Å². The van der Waals surface area contributed by atoms with Crippen molar-refractivity contribution in [3.8, 4) is 5.75 Å². The Morgan fingerprint density at radius 3 is 2.73 bits per heavy atom. The second-order valence-corrected chi connectivity index (χ2v) is 6.51. The number of ether oxygens (including phenoxy) is 1. The molecular weight excluding hydrogens is 328 g/mol. The van der Waals surface area contributed by atoms with Crippen molar-refractivity contribution in [2.75, 3.05) is 25.1 Å². The van der Waals surface area contributed by atoms with E-state index in [2.05, 4.69) is 14.9 Å². The number of rotatable bonds is 4. The molecule has 0 bridgehead atoms. The Hall–Kier alpha value is -2.86. The third kappa shape index (κ3) is 2.93. The van der Waals surface area contributed by atoms with Crippen LogP contribution in [-0.4, -0.2) is 47.0 Å². The molecule has 1 aromatic heterocycles. The predicted molar refractivity (Wildman–Crippen MR) is 101 cm³/mol. The topological polar surface area (TPSA) is 61.5 Å². The van der Waals surface area contributed by atoms with Crippen molar-refractivity contribution in [2.24, 2.45) is 0 Å². The van der Waals surface area contributed by atoms with E-state index in [1.54, 1.807) is 7.11 Å². The molecule has 0 aliphatic carbocycles. The number of methoxy groups -OCH3 is 1. The highest BCUT2D eigenvalue weighted by molar-refractivity contribution is 5.99. The minimum atomic E-state index is -0.220. The van der Waals surface area contributed by atoms with Crippen molar-refractivity contribution < 1.29 is 9.53 Å². The molecule has 134 valence electrons. The molecular formula is C20H22N4O2. The van der Waals surface area contributed by atoms with Gasteiger partial charge in [0.2, 0.25) is 5.91 Å². The van der Waals surface area contributed by atoms with E-state index in [-0.39, 0.29) is 11.9 Å². The highest BCUT2D eigenvalue weighted by atomic mass is 16.5. The zero-order valence-corrected chi connectivity index (χ0v) is 15.0. The SMILES string of the molecule is COc1ccccc1N1CCN(Cc2nc3ccccc3[nH]2)[C@@H](C)C1=O. The van der Waals surface area contributed by atoms with Crippen LogP contribution < -0.4 is 9.64 Å². The number of fused-ring (bicyclic) bond motifs is 1. The van der Waals surface area contributed by atoms with E-state index in [9.17, 15) is 4.79 Å². The minimum absolute atomic E-state index is 0.0804. The number of aromatic nitrogens is 2. The van der Waals surface area contributed by atoms with Gasteiger partial charge in [-0.15, -0.1) is 0 Å². The lowest BCUT2D eigenvalue weighted by Gasteiger charge is -2.39. The van der Waals surface area contributed by atoms with Crippen LogP contribution >= 0.6 is 0 Å². The molecule has 1 aliphatic rings. The largest absolute Gasteiger partial charge is 0.495 e. The minimum Gasteiger partial charge on any atom is -0.495 e. The van der Waals surface area contributed by atoms with Crippen LogP contribution in [0.3, 0.4) is 0 Å². The van der Waals surface area contributed by atoms with Crippen molar-refractivity contribution >= 4 is 22.6 Å². The Morgan fingerprint density at radius 1 is 1.15 bits per heavy atom. The molecule has 1 atom stereocenters. The fourth-order valence-corrected chi connectivity index (χ4v) is 3.49. The number of aromatic amines is 1. The number of para-hydroxylation sites is 4. The summed E-state index contributed by atoms with van der Waals surface area (Å²) < 4.78 is 5.42. The molecule has 1 amide bonds. The first-order valence-corrected chi connectivity index (χ1v) is 8.79. The van der Waals surface area contributed by atoms with E-state index < -0.39 is 0 Å². The molecule has 6 nitrogen and oxygen atoms in total. The maximum Gasteiger partial charge on any atom is 0.244 e. The molecule has 2 heterocycles. The number of piperazine rings is 1. The first-order chi connectivity index (χ1) is 12.7. The van der Waals surface area contributed by atoms with Crippen LogP contribution in [0.2, 0.25) is 0 Å². The smallest absolute Gasteiger partial charge is 0.244 e. The van der Waals surface area contributed by atoms with Gasteiger partial charge in [0.1, 0.15) is 11.6 Å². The van der Waals surface area contributed by atoms with Gasteiger partial charge in [-0.05, 0) is 31.2 Å². The van der Waals surface area contributed by atoms with Crippen LogP contribution in [0.15, 0.2) is 48.5 Å². The fraction of sp³-hybridized carbons (Fsp3) is 0.300. The summed E-state index contributed by atoms with van der Waals surface area (Å²) in [5.41, 5.74) is 2.80. The number of nitrogens with one attached hydrogen (secondary N) is 1. The molecule has 0 spiro atoms. The second kappa shape index (κ2) is 6.80. The molecule has 1 saturated heterocycles.